The molecule has 6 nitrogen and oxygen atoms in total. The van der Waals surface area contributed by atoms with E-state index in [0.717, 1.165) is 128 Å². The van der Waals surface area contributed by atoms with Crippen molar-refractivity contribution in [3.8, 4) is 0 Å². The predicted molar refractivity (Wildman–Crippen MR) is 320 cm³/mol. The molecule has 0 amide bonds. The number of unbranched alkanes of at least 4 members (excludes halogenated alkanes) is 29. The first-order valence-corrected chi connectivity index (χ1v) is 31.2. The molecule has 424 valence electrons. The standard InChI is InChI=1S/C68H116O6/c1-4-7-10-13-16-19-22-25-28-30-31-32-33-34-35-36-37-39-40-43-46-49-52-55-58-61-67(70)73-64-65(63-72-66(69)60-57-54-51-48-45-42-27-24-21-18-15-12-9-6-3)74-68(71)62-59-56-53-50-47-44-41-38-29-26-23-20-17-14-11-8-5-2/h8,11,15,17-18,20,22,24-27,29-31,41,44,65H,4-7,9-10,12-14,16,19,21,23,28,32-40,42-43,45-64H2,1-3H3/b11-8-,18-15-,20-17-,25-22-,27-24-,29-26-,31-30-,44-41-. The topological polar surface area (TPSA) is 78.9 Å². The van der Waals surface area contributed by atoms with Gasteiger partial charge in [0.25, 0.3) is 0 Å². The molecular formula is C68H116O6. The molecule has 6 heteroatoms. The van der Waals surface area contributed by atoms with Crippen LogP contribution in [-0.2, 0) is 28.6 Å². The van der Waals surface area contributed by atoms with Crippen molar-refractivity contribution >= 4 is 17.9 Å². The second kappa shape index (κ2) is 61.9. The average Bonchev–Trinajstić information content (AvgIpc) is 3.40. The molecule has 0 rings (SSSR count). The summed E-state index contributed by atoms with van der Waals surface area (Å²) < 4.78 is 16.9. The first kappa shape index (κ1) is 70.3. The highest BCUT2D eigenvalue weighted by atomic mass is 16.6. The van der Waals surface area contributed by atoms with E-state index in [1.54, 1.807) is 0 Å². The van der Waals surface area contributed by atoms with Crippen LogP contribution in [0.25, 0.3) is 0 Å². The van der Waals surface area contributed by atoms with Gasteiger partial charge in [0.05, 0.1) is 0 Å². The second-order valence-electron chi connectivity index (χ2n) is 20.6. The zero-order valence-electron chi connectivity index (χ0n) is 48.6. The summed E-state index contributed by atoms with van der Waals surface area (Å²) >= 11 is 0. The fraction of sp³-hybridized carbons (Fsp3) is 0.721. The number of allylic oxidation sites excluding steroid dienone is 16. The van der Waals surface area contributed by atoms with Gasteiger partial charge in [0.2, 0.25) is 0 Å². The first-order chi connectivity index (χ1) is 36.5. The molecule has 0 aliphatic carbocycles. The lowest BCUT2D eigenvalue weighted by molar-refractivity contribution is -0.167. The highest BCUT2D eigenvalue weighted by Gasteiger charge is 2.19. The van der Waals surface area contributed by atoms with Crippen LogP contribution in [0.3, 0.4) is 0 Å². The van der Waals surface area contributed by atoms with Crippen LogP contribution in [0.2, 0.25) is 0 Å². The molecule has 0 N–H and O–H groups in total. The number of esters is 3. The minimum absolute atomic E-state index is 0.0922. The molecule has 74 heavy (non-hydrogen) atoms. The monoisotopic (exact) mass is 1030 g/mol. The molecule has 0 saturated heterocycles. The van der Waals surface area contributed by atoms with Crippen LogP contribution >= 0.6 is 0 Å². The Bertz CT molecular complexity index is 1460. The summed E-state index contributed by atoms with van der Waals surface area (Å²) in [7, 11) is 0. The van der Waals surface area contributed by atoms with Gasteiger partial charge < -0.3 is 14.2 Å². The molecule has 0 aromatic heterocycles. The van der Waals surface area contributed by atoms with E-state index >= 15 is 0 Å². The molecule has 0 spiro atoms. The number of hydrogen-bond acceptors (Lipinski definition) is 6. The number of rotatable bonds is 56. The number of ether oxygens (including phenoxy) is 3. The molecule has 0 radical (unpaired) electrons. The maximum Gasteiger partial charge on any atom is 0.306 e. The highest BCUT2D eigenvalue weighted by molar-refractivity contribution is 5.71. The Labute approximate surface area is 457 Å². The van der Waals surface area contributed by atoms with Crippen molar-refractivity contribution in [3.63, 3.8) is 0 Å². The van der Waals surface area contributed by atoms with Crippen molar-refractivity contribution in [3.05, 3.63) is 97.2 Å². The van der Waals surface area contributed by atoms with Crippen LogP contribution in [0.4, 0.5) is 0 Å². The van der Waals surface area contributed by atoms with Gasteiger partial charge in [-0.1, -0.05) is 259 Å². The van der Waals surface area contributed by atoms with Gasteiger partial charge in [-0.2, -0.15) is 0 Å². The molecule has 0 bridgehead atoms. The lowest BCUT2D eigenvalue weighted by atomic mass is 10.0. The Kier molecular flexibility index (Phi) is 58.8. The van der Waals surface area contributed by atoms with Crippen LogP contribution in [0.1, 0.15) is 297 Å². The summed E-state index contributed by atoms with van der Waals surface area (Å²) in [4.78, 5) is 38.3. The Balaban J connectivity index is 4.35. The van der Waals surface area contributed by atoms with Crippen molar-refractivity contribution in [2.75, 3.05) is 13.2 Å². The van der Waals surface area contributed by atoms with Crippen molar-refractivity contribution in [2.45, 2.75) is 303 Å². The van der Waals surface area contributed by atoms with Crippen molar-refractivity contribution < 1.29 is 28.6 Å². The summed E-state index contributed by atoms with van der Waals surface area (Å²) in [5.41, 5.74) is 0. The molecule has 0 aromatic rings. The van der Waals surface area contributed by atoms with Gasteiger partial charge >= 0.3 is 17.9 Å². The molecule has 0 saturated carbocycles. The average molecular weight is 1030 g/mol. The third-order valence-corrected chi connectivity index (χ3v) is 13.3. The third kappa shape index (κ3) is 59.2. The Morgan fingerprint density at radius 3 is 0.865 bits per heavy atom. The number of hydrogen-bond donors (Lipinski definition) is 0. The van der Waals surface area contributed by atoms with Gasteiger partial charge in [-0.25, -0.2) is 0 Å². The van der Waals surface area contributed by atoms with E-state index in [1.807, 2.05) is 0 Å². The van der Waals surface area contributed by atoms with Crippen molar-refractivity contribution in [1.29, 1.82) is 0 Å². The highest BCUT2D eigenvalue weighted by Crippen LogP contribution is 2.16. The van der Waals surface area contributed by atoms with E-state index in [0.29, 0.717) is 19.3 Å². The molecule has 0 fully saturated rings. The van der Waals surface area contributed by atoms with Crippen LogP contribution < -0.4 is 0 Å². The summed E-state index contributed by atoms with van der Waals surface area (Å²) in [6.45, 7) is 6.46. The minimum atomic E-state index is -0.798. The quantitative estimate of drug-likeness (QED) is 0.0261. The van der Waals surface area contributed by atoms with Gasteiger partial charge in [0.1, 0.15) is 13.2 Å². The van der Waals surface area contributed by atoms with Crippen molar-refractivity contribution in [2.24, 2.45) is 0 Å². The molecule has 0 aliphatic heterocycles. The van der Waals surface area contributed by atoms with Crippen molar-refractivity contribution in [1.82, 2.24) is 0 Å². The van der Waals surface area contributed by atoms with E-state index in [-0.39, 0.29) is 31.1 Å². The summed E-state index contributed by atoms with van der Waals surface area (Å²) in [5.74, 6) is -0.924. The predicted octanol–water partition coefficient (Wildman–Crippen LogP) is 21.3. The minimum Gasteiger partial charge on any atom is -0.462 e. The molecule has 0 heterocycles. The Morgan fingerprint density at radius 1 is 0.284 bits per heavy atom. The number of carbonyl (C=O) groups excluding carboxylic acids is 3. The smallest absolute Gasteiger partial charge is 0.306 e. The lowest BCUT2D eigenvalue weighted by Gasteiger charge is -2.18. The third-order valence-electron chi connectivity index (χ3n) is 13.3. The van der Waals surface area contributed by atoms with Gasteiger partial charge in [0.15, 0.2) is 6.10 Å². The summed E-state index contributed by atoms with van der Waals surface area (Å²) in [6.07, 6.45) is 82.7. The zero-order chi connectivity index (χ0) is 53.6. The molecule has 0 aromatic carbocycles. The first-order valence-electron chi connectivity index (χ1n) is 31.2. The van der Waals surface area contributed by atoms with Crippen LogP contribution in [-0.4, -0.2) is 37.2 Å². The maximum atomic E-state index is 12.9. The zero-order valence-corrected chi connectivity index (χ0v) is 48.6. The van der Waals surface area contributed by atoms with E-state index in [2.05, 4.69) is 118 Å². The maximum absolute atomic E-state index is 12.9. The van der Waals surface area contributed by atoms with Gasteiger partial charge in [0, 0.05) is 19.3 Å². The number of carbonyl (C=O) groups is 3. The molecule has 1 unspecified atom stereocenters. The van der Waals surface area contributed by atoms with Crippen LogP contribution in [0.5, 0.6) is 0 Å². The summed E-state index contributed by atoms with van der Waals surface area (Å²) in [5, 5.41) is 0. The van der Waals surface area contributed by atoms with E-state index in [1.165, 1.54) is 128 Å². The molecule has 1 atom stereocenters. The van der Waals surface area contributed by atoms with Crippen LogP contribution in [0, 0.1) is 0 Å². The normalized spacial score (nSPS) is 12.7. The second-order valence-corrected chi connectivity index (χ2v) is 20.6. The lowest BCUT2D eigenvalue weighted by Crippen LogP contribution is -2.30. The van der Waals surface area contributed by atoms with Gasteiger partial charge in [-0.3, -0.25) is 14.4 Å². The SMILES string of the molecule is CC/C=C\C/C=C\C/C=C\C/C=C\CCCCCCC(=O)OC(COC(=O)CCCCCCC/C=C\C/C=C\CCCC)COC(=O)CCCCCCCCCCCCCCC/C=C\C/C=C\CCCCCCC. The van der Waals surface area contributed by atoms with E-state index in [4.69, 9.17) is 14.2 Å². The Morgan fingerprint density at radius 2 is 0.541 bits per heavy atom. The molecular weight excluding hydrogens is 913 g/mol. The largest absolute Gasteiger partial charge is 0.462 e. The van der Waals surface area contributed by atoms with E-state index < -0.39 is 6.10 Å². The summed E-state index contributed by atoms with van der Waals surface area (Å²) in [6, 6.07) is 0. The Hall–Kier alpha value is -3.67. The van der Waals surface area contributed by atoms with E-state index in [9.17, 15) is 14.4 Å². The van der Waals surface area contributed by atoms with Crippen LogP contribution in [0.15, 0.2) is 97.2 Å². The van der Waals surface area contributed by atoms with Gasteiger partial charge in [-0.15, -0.1) is 0 Å². The fourth-order valence-corrected chi connectivity index (χ4v) is 8.60. The fourth-order valence-electron chi connectivity index (χ4n) is 8.60. The van der Waals surface area contributed by atoms with Gasteiger partial charge in [-0.05, 0) is 116 Å². The molecule has 0 aliphatic rings.